The summed E-state index contributed by atoms with van der Waals surface area (Å²) >= 11 is 0. The van der Waals surface area contributed by atoms with E-state index in [2.05, 4.69) is 4.98 Å². The SMILES string of the molecule is Cc1[nH]c(=O)[n+](O)c2c1CCC2. The molecule has 0 saturated carbocycles. The van der Waals surface area contributed by atoms with Crippen molar-refractivity contribution in [3.8, 4) is 0 Å². The van der Waals surface area contributed by atoms with Crippen LogP contribution >= 0.6 is 0 Å². The molecule has 1 heterocycles. The number of aryl methyl sites for hydroxylation is 1. The van der Waals surface area contributed by atoms with Gasteiger partial charge in [-0.1, -0.05) is 0 Å². The lowest BCUT2D eigenvalue weighted by atomic mass is 10.2. The monoisotopic (exact) mass is 167 g/mol. The van der Waals surface area contributed by atoms with Crippen LogP contribution in [0.4, 0.5) is 0 Å². The van der Waals surface area contributed by atoms with E-state index in [9.17, 15) is 10.0 Å². The molecule has 0 spiro atoms. The van der Waals surface area contributed by atoms with Gasteiger partial charge in [-0.15, -0.1) is 0 Å². The standard InChI is InChI=1S/C8H10N2O2/c1-5-6-3-2-4-7(6)10(12)8(11)9-5/h12H,2-4H2,1H3/p+1. The van der Waals surface area contributed by atoms with E-state index in [0.717, 1.165) is 40.9 Å². The Labute approximate surface area is 69.4 Å². The molecule has 0 amide bonds. The Morgan fingerprint density at radius 1 is 1.50 bits per heavy atom. The number of nitrogens with zero attached hydrogens (tertiary/aromatic N) is 1. The van der Waals surface area contributed by atoms with Crippen LogP contribution in [-0.2, 0) is 12.8 Å². The average Bonchev–Trinajstić information content (AvgIpc) is 2.48. The second kappa shape index (κ2) is 2.33. The van der Waals surface area contributed by atoms with Gasteiger partial charge >= 0.3 is 5.69 Å². The molecule has 64 valence electrons. The number of nitrogens with one attached hydrogen (secondary N) is 1. The maximum atomic E-state index is 11.1. The van der Waals surface area contributed by atoms with Crippen LogP contribution in [-0.4, -0.2) is 10.2 Å². The van der Waals surface area contributed by atoms with Crippen molar-refractivity contribution in [2.24, 2.45) is 0 Å². The Bertz CT molecular complexity index is 381. The highest BCUT2D eigenvalue weighted by Gasteiger charge is 2.24. The van der Waals surface area contributed by atoms with E-state index in [0.29, 0.717) is 0 Å². The minimum atomic E-state index is -0.437. The molecule has 0 unspecified atom stereocenters. The van der Waals surface area contributed by atoms with Crippen molar-refractivity contribution in [2.45, 2.75) is 26.2 Å². The fraction of sp³-hybridized carbons (Fsp3) is 0.500. The number of H-pyrrole nitrogens is 1. The van der Waals surface area contributed by atoms with Crippen molar-refractivity contribution in [1.82, 2.24) is 4.98 Å². The molecule has 2 rings (SSSR count). The predicted octanol–water partition coefficient (Wildman–Crippen LogP) is -0.303. The smallest absolute Gasteiger partial charge is 0.347 e. The third-order valence-electron chi connectivity index (χ3n) is 2.38. The maximum Gasteiger partial charge on any atom is 0.535 e. The van der Waals surface area contributed by atoms with Crippen molar-refractivity contribution in [1.29, 1.82) is 0 Å². The predicted molar refractivity (Wildman–Crippen MR) is 41.2 cm³/mol. The summed E-state index contributed by atoms with van der Waals surface area (Å²) in [4.78, 5) is 13.7. The van der Waals surface area contributed by atoms with Crippen molar-refractivity contribution in [3.05, 3.63) is 27.4 Å². The summed E-state index contributed by atoms with van der Waals surface area (Å²) in [6.45, 7) is 1.87. The fourth-order valence-electron chi connectivity index (χ4n) is 1.78. The van der Waals surface area contributed by atoms with Crippen LogP contribution in [0.2, 0.25) is 0 Å². The molecule has 0 radical (unpaired) electrons. The molecule has 1 aliphatic rings. The summed E-state index contributed by atoms with van der Waals surface area (Å²) in [5.41, 5.74) is 2.32. The topological polar surface area (TPSA) is 57.0 Å². The average molecular weight is 167 g/mol. The minimum absolute atomic E-state index is 0.437. The van der Waals surface area contributed by atoms with Crippen LogP contribution < -0.4 is 10.4 Å². The van der Waals surface area contributed by atoms with Crippen LogP contribution in [0.5, 0.6) is 0 Å². The van der Waals surface area contributed by atoms with Gasteiger partial charge in [0.1, 0.15) is 5.69 Å². The molecular weight excluding hydrogens is 156 g/mol. The molecule has 1 aliphatic carbocycles. The van der Waals surface area contributed by atoms with Gasteiger partial charge < -0.3 is 5.21 Å². The first-order valence-electron chi connectivity index (χ1n) is 4.06. The highest BCUT2D eigenvalue weighted by atomic mass is 16.5. The molecular formula is C8H11N2O2+. The lowest BCUT2D eigenvalue weighted by Crippen LogP contribution is -2.52. The molecule has 12 heavy (non-hydrogen) atoms. The lowest BCUT2D eigenvalue weighted by molar-refractivity contribution is -0.922. The minimum Gasteiger partial charge on any atom is -0.347 e. The van der Waals surface area contributed by atoms with Crippen molar-refractivity contribution < 1.29 is 9.94 Å². The molecule has 0 aromatic carbocycles. The van der Waals surface area contributed by atoms with Crippen molar-refractivity contribution in [3.63, 3.8) is 0 Å². The Balaban J connectivity index is 2.78. The molecule has 0 bridgehead atoms. The summed E-state index contributed by atoms with van der Waals surface area (Å²) in [5, 5.41) is 9.32. The lowest BCUT2D eigenvalue weighted by Gasteiger charge is -1.97. The maximum absolute atomic E-state index is 11.1. The van der Waals surface area contributed by atoms with Gasteiger partial charge in [0, 0.05) is 12.0 Å². The van der Waals surface area contributed by atoms with Crippen LogP contribution in [0.15, 0.2) is 4.79 Å². The summed E-state index contributed by atoms with van der Waals surface area (Å²) in [5.74, 6) is 0. The molecule has 4 heteroatoms. The zero-order valence-corrected chi connectivity index (χ0v) is 6.92. The number of fused-ring (bicyclic) bond motifs is 1. The van der Waals surface area contributed by atoms with Gasteiger partial charge in [-0.05, 0) is 24.5 Å². The first-order valence-corrected chi connectivity index (χ1v) is 4.06. The van der Waals surface area contributed by atoms with Gasteiger partial charge in [-0.2, -0.15) is 4.79 Å². The number of hydrogen-bond acceptors (Lipinski definition) is 2. The van der Waals surface area contributed by atoms with Gasteiger partial charge in [-0.25, -0.2) is 4.98 Å². The highest BCUT2D eigenvalue weighted by molar-refractivity contribution is 5.24. The second-order valence-electron chi connectivity index (χ2n) is 3.15. The quantitative estimate of drug-likeness (QED) is 0.411. The van der Waals surface area contributed by atoms with Gasteiger partial charge in [-0.3, -0.25) is 0 Å². The molecule has 0 saturated heterocycles. The van der Waals surface area contributed by atoms with Gasteiger partial charge in [0.25, 0.3) is 0 Å². The van der Waals surface area contributed by atoms with Crippen molar-refractivity contribution in [2.75, 3.05) is 0 Å². The third-order valence-corrected chi connectivity index (χ3v) is 2.38. The van der Waals surface area contributed by atoms with Gasteiger partial charge in [0.2, 0.25) is 0 Å². The first-order chi connectivity index (χ1) is 5.70. The number of hydrogen-bond donors (Lipinski definition) is 2. The number of aromatic amines is 1. The summed E-state index contributed by atoms with van der Waals surface area (Å²) < 4.78 is 0.731. The Morgan fingerprint density at radius 2 is 2.25 bits per heavy atom. The Hall–Kier alpha value is -1.32. The molecule has 1 aromatic rings. The summed E-state index contributed by atoms with van der Waals surface area (Å²) in [6, 6.07) is 0. The number of rotatable bonds is 0. The van der Waals surface area contributed by atoms with Gasteiger partial charge in [0.15, 0.2) is 5.69 Å². The fourth-order valence-corrected chi connectivity index (χ4v) is 1.78. The second-order valence-corrected chi connectivity index (χ2v) is 3.15. The van der Waals surface area contributed by atoms with Crippen molar-refractivity contribution >= 4 is 0 Å². The molecule has 0 atom stereocenters. The van der Waals surface area contributed by atoms with Gasteiger partial charge in [0.05, 0.1) is 0 Å². The van der Waals surface area contributed by atoms with E-state index in [1.807, 2.05) is 6.92 Å². The van der Waals surface area contributed by atoms with Crippen LogP contribution in [0.1, 0.15) is 23.4 Å². The molecule has 2 N–H and O–H groups in total. The van der Waals surface area contributed by atoms with E-state index < -0.39 is 5.69 Å². The molecule has 0 fully saturated rings. The molecule has 1 aromatic heterocycles. The zero-order chi connectivity index (χ0) is 8.72. The van der Waals surface area contributed by atoms with E-state index in [1.165, 1.54) is 0 Å². The van der Waals surface area contributed by atoms with E-state index in [4.69, 9.17) is 0 Å². The zero-order valence-electron chi connectivity index (χ0n) is 6.92. The third kappa shape index (κ3) is 0.841. The Morgan fingerprint density at radius 3 is 3.00 bits per heavy atom. The molecule has 0 aliphatic heterocycles. The summed E-state index contributed by atoms with van der Waals surface area (Å²) in [7, 11) is 0. The Kier molecular flexibility index (Phi) is 1.43. The van der Waals surface area contributed by atoms with Crippen LogP contribution in [0.25, 0.3) is 0 Å². The normalized spacial score (nSPS) is 14.8. The van der Waals surface area contributed by atoms with E-state index in [-0.39, 0.29) is 0 Å². The first kappa shape index (κ1) is 7.34. The van der Waals surface area contributed by atoms with Crippen LogP contribution in [0, 0.1) is 6.92 Å². The summed E-state index contributed by atoms with van der Waals surface area (Å²) in [6.07, 6.45) is 2.78. The van der Waals surface area contributed by atoms with Crippen LogP contribution in [0.3, 0.4) is 0 Å². The highest BCUT2D eigenvalue weighted by Crippen LogP contribution is 2.18. The van der Waals surface area contributed by atoms with E-state index >= 15 is 0 Å². The molecule has 4 nitrogen and oxygen atoms in total. The van der Waals surface area contributed by atoms with E-state index in [1.54, 1.807) is 0 Å². The number of aromatic nitrogens is 2. The largest absolute Gasteiger partial charge is 0.535 e.